The molecule has 0 aliphatic rings. The lowest BCUT2D eigenvalue weighted by atomic mass is 9.84. The third kappa shape index (κ3) is 5.92. The number of rotatable bonds is 7. The number of hydrogen-bond acceptors (Lipinski definition) is 4. The molecule has 0 amide bonds. The summed E-state index contributed by atoms with van der Waals surface area (Å²) in [5, 5.41) is 9.10. The van der Waals surface area contributed by atoms with Gasteiger partial charge in [0.1, 0.15) is 0 Å². The minimum Gasteiger partial charge on any atom is -0.245 e. The maximum Gasteiger partial charge on any atom is 0.0811 e. The Morgan fingerprint density at radius 3 is 1.19 bits per heavy atom. The van der Waals surface area contributed by atoms with E-state index in [0.29, 0.717) is 0 Å². The monoisotopic (exact) mass is 724 g/mol. The van der Waals surface area contributed by atoms with Gasteiger partial charge in [0, 0.05) is 21.9 Å². The molecule has 0 unspecified atom stereocenters. The average Bonchev–Trinajstić information content (AvgIpc) is 4.00. The smallest absolute Gasteiger partial charge is 0.0811 e. The van der Waals surface area contributed by atoms with E-state index in [9.17, 15) is 0 Å². The molecule has 10 rings (SSSR count). The predicted molar refractivity (Wildman–Crippen MR) is 231 cm³/mol. The second kappa shape index (κ2) is 13.8. The highest BCUT2D eigenvalue weighted by Gasteiger charge is 2.19. The van der Waals surface area contributed by atoms with Crippen LogP contribution in [0.1, 0.15) is 0 Å². The van der Waals surface area contributed by atoms with E-state index in [2.05, 4.69) is 191 Å². The minimum atomic E-state index is 0.998. The molecule has 0 atom stereocenters. The van der Waals surface area contributed by atoms with E-state index in [1.54, 1.807) is 22.7 Å². The van der Waals surface area contributed by atoms with E-state index in [1.165, 1.54) is 77.2 Å². The molecule has 0 saturated heterocycles. The molecular weight excluding hydrogens is 693 g/mol. The highest BCUT2D eigenvalue weighted by atomic mass is 32.1. The molecule has 0 aliphatic heterocycles. The Bertz CT molecular complexity index is 2860. The summed E-state index contributed by atoms with van der Waals surface area (Å²) in [6.45, 7) is 0. The first kappa shape index (κ1) is 32.2. The van der Waals surface area contributed by atoms with Gasteiger partial charge in [0.05, 0.1) is 22.4 Å². The van der Waals surface area contributed by atoms with Crippen LogP contribution in [0.5, 0.6) is 0 Å². The number of nitrogens with zero attached hydrogens (tertiary/aromatic N) is 2. The second-order valence-corrected chi connectivity index (χ2v) is 14.9. The normalized spacial score (nSPS) is 11.3. The first-order valence-corrected chi connectivity index (χ1v) is 19.9. The summed E-state index contributed by atoms with van der Waals surface area (Å²) >= 11 is 3.25. The standard InChI is InChI=1S/C50H32N2S2/c1-3-11-33(12-4-1)40-25-41(34-13-5-2-6-14-34)27-42(26-40)35-21-22-45-46(28-35)50(39-18-10-16-37(24-39)48-30-54-32-52-48)44-20-8-7-19-43(44)49(45)38-17-9-15-36(23-38)47-29-53-31-51-47/h1-32H. The molecule has 0 bridgehead atoms. The molecule has 2 nitrogen and oxygen atoms in total. The molecule has 0 spiro atoms. The molecule has 254 valence electrons. The summed E-state index contributed by atoms with van der Waals surface area (Å²) in [6, 6.07) is 62.0. The fraction of sp³-hybridized carbons (Fsp3) is 0. The van der Waals surface area contributed by atoms with Gasteiger partial charge in [0.15, 0.2) is 0 Å². The van der Waals surface area contributed by atoms with Crippen molar-refractivity contribution in [1.29, 1.82) is 0 Å². The van der Waals surface area contributed by atoms with E-state index < -0.39 is 0 Å². The molecule has 0 aliphatic carbocycles. The van der Waals surface area contributed by atoms with Crippen molar-refractivity contribution in [3.8, 4) is 78.1 Å². The molecule has 2 aromatic heterocycles. The van der Waals surface area contributed by atoms with E-state index in [1.807, 2.05) is 11.0 Å². The van der Waals surface area contributed by atoms with Crippen LogP contribution < -0.4 is 0 Å². The van der Waals surface area contributed by atoms with E-state index in [-0.39, 0.29) is 0 Å². The maximum absolute atomic E-state index is 4.66. The average molecular weight is 725 g/mol. The van der Waals surface area contributed by atoms with Gasteiger partial charge in [-0.1, -0.05) is 133 Å². The molecule has 0 N–H and O–H groups in total. The zero-order valence-corrected chi connectivity index (χ0v) is 30.8. The van der Waals surface area contributed by atoms with Crippen LogP contribution in [-0.4, -0.2) is 9.97 Å². The molecule has 8 aromatic carbocycles. The van der Waals surface area contributed by atoms with E-state index in [4.69, 9.17) is 0 Å². The SMILES string of the molecule is c1ccc(-c2cc(-c3ccccc3)cc(-c3ccc4c(-c5cccc(-c6cscn6)c5)c5ccccc5c(-c5cccc(-c6cscn6)c5)c4c3)c2)cc1. The Morgan fingerprint density at radius 1 is 0.278 bits per heavy atom. The first-order chi connectivity index (χ1) is 26.8. The van der Waals surface area contributed by atoms with Gasteiger partial charge in [-0.3, -0.25) is 0 Å². The fourth-order valence-corrected chi connectivity index (χ4v) is 8.87. The van der Waals surface area contributed by atoms with Crippen LogP contribution in [0.2, 0.25) is 0 Å². The highest BCUT2D eigenvalue weighted by molar-refractivity contribution is 7.08. The lowest BCUT2D eigenvalue weighted by molar-refractivity contribution is 1.41. The van der Waals surface area contributed by atoms with Crippen LogP contribution in [0.15, 0.2) is 192 Å². The summed E-state index contributed by atoms with van der Waals surface area (Å²) in [7, 11) is 0. The van der Waals surface area contributed by atoms with Crippen LogP contribution >= 0.6 is 22.7 Å². The van der Waals surface area contributed by atoms with Crippen LogP contribution in [0.4, 0.5) is 0 Å². The number of hydrogen-bond donors (Lipinski definition) is 0. The van der Waals surface area contributed by atoms with Crippen molar-refractivity contribution in [2.75, 3.05) is 0 Å². The second-order valence-electron chi connectivity index (χ2n) is 13.5. The summed E-state index contributed by atoms with van der Waals surface area (Å²) in [5.74, 6) is 0. The molecule has 54 heavy (non-hydrogen) atoms. The van der Waals surface area contributed by atoms with Crippen molar-refractivity contribution in [2.24, 2.45) is 0 Å². The van der Waals surface area contributed by atoms with Crippen molar-refractivity contribution in [2.45, 2.75) is 0 Å². The van der Waals surface area contributed by atoms with Gasteiger partial charge in [0.25, 0.3) is 0 Å². The number of benzene rings is 8. The van der Waals surface area contributed by atoms with Gasteiger partial charge in [0.2, 0.25) is 0 Å². The van der Waals surface area contributed by atoms with Gasteiger partial charge in [-0.15, -0.1) is 22.7 Å². The Balaban J connectivity index is 1.27. The largest absolute Gasteiger partial charge is 0.245 e. The molecule has 2 heterocycles. The number of thiazole rings is 2. The van der Waals surface area contributed by atoms with E-state index in [0.717, 1.165) is 22.5 Å². The number of aromatic nitrogens is 2. The van der Waals surface area contributed by atoms with Gasteiger partial charge in [-0.25, -0.2) is 9.97 Å². The summed E-state index contributed by atoms with van der Waals surface area (Å²) in [6.07, 6.45) is 0. The van der Waals surface area contributed by atoms with Gasteiger partial charge in [-0.2, -0.15) is 0 Å². The highest BCUT2D eigenvalue weighted by Crippen LogP contribution is 2.46. The minimum absolute atomic E-state index is 0.998. The molecule has 0 saturated carbocycles. The van der Waals surface area contributed by atoms with Crippen molar-refractivity contribution < 1.29 is 0 Å². The topological polar surface area (TPSA) is 25.8 Å². The first-order valence-electron chi connectivity index (χ1n) is 18.0. The third-order valence-corrected chi connectivity index (χ3v) is 11.4. The van der Waals surface area contributed by atoms with Crippen LogP contribution in [0, 0.1) is 0 Å². The fourth-order valence-electron chi connectivity index (χ4n) is 7.75. The summed E-state index contributed by atoms with van der Waals surface area (Å²) in [4.78, 5) is 9.31. The quantitative estimate of drug-likeness (QED) is 0.153. The molecule has 10 aromatic rings. The van der Waals surface area contributed by atoms with Gasteiger partial charge in [-0.05, 0) is 114 Å². The van der Waals surface area contributed by atoms with Gasteiger partial charge < -0.3 is 0 Å². The van der Waals surface area contributed by atoms with Crippen LogP contribution in [0.3, 0.4) is 0 Å². The Morgan fingerprint density at radius 2 is 0.685 bits per heavy atom. The lowest BCUT2D eigenvalue weighted by Crippen LogP contribution is -1.93. The van der Waals surface area contributed by atoms with Crippen LogP contribution in [0.25, 0.3) is 99.7 Å². The molecule has 0 radical (unpaired) electrons. The Kier molecular flexibility index (Phi) is 8.25. The summed E-state index contributed by atoms with van der Waals surface area (Å²) < 4.78 is 0. The predicted octanol–water partition coefficient (Wildman–Crippen LogP) is 14.6. The van der Waals surface area contributed by atoms with Crippen molar-refractivity contribution in [3.05, 3.63) is 192 Å². The third-order valence-electron chi connectivity index (χ3n) is 10.3. The molecule has 4 heteroatoms. The Labute approximate surface area is 322 Å². The van der Waals surface area contributed by atoms with Crippen molar-refractivity contribution in [3.63, 3.8) is 0 Å². The van der Waals surface area contributed by atoms with E-state index >= 15 is 0 Å². The van der Waals surface area contributed by atoms with Crippen LogP contribution in [-0.2, 0) is 0 Å². The number of fused-ring (bicyclic) bond motifs is 2. The van der Waals surface area contributed by atoms with Crippen molar-refractivity contribution in [1.82, 2.24) is 9.97 Å². The Hall–Kier alpha value is -6.46. The van der Waals surface area contributed by atoms with Gasteiger partial charge >= 0.3 is 0 Å². The van der Waals surface area contributed by atoms with Crippen molar-refractivity contribution >= 4 is 44.2 Å². The molecular formula is C50H32N2S2. The zero-order chi connectivity index (χ0) is 35.8. The molecule has 0 fully saturated rings. The lowest BCUT2D eigenvalue weighted by Gasteiger charge is -2.20. The summed E-state index contributed by atoms with van der Waals surface area (Å²) in [5.41, 5.74) is 20.0. The zero-order valence-electron chi connectivity index (χ0n) is 29.2. The maximum atomic E-state index is 4.66.